The number of nitrogens with zero attached hydrogens (tertiary/aromatic N) is 1. The van der Waals surface area contributed by atoms with Gasteiger partial charge < -0.3 is 19.7 Å². The topological polar surface area (TPSA) is 33.7 Å². The van der Waals surface area contributed by atoms with Crippen LogP contribution in [0.4, 0.5) is 0 Å². The Bertz CT molecular complexity index is 406. The van der Waals surface area contributed by atoms with E-state index in [-0.39, 0.29) is 0 Å². The average molecular weight is 294 g/mol. The number of hydrogen-bond acceptors (Lipinski definition) is 4. The minimum absolute atomic E-state index is 0.310. The van der Waals surface area contributed by atoms with Gasteiger partial charge in [-0.1, -0.05) is 26.8 Å². The van der Waals surface area contributed by atoms with E-state index >= 15 is 0 Å². The zero-order chi connectivity index (χ0) is 15.7. The Balaban J connectivity index is 2.95. The molecule has 120 valence electrons. The lowest BCUT2D eigenvalue weighted by Crippen LogP contribution is -2.35. The number of methoxy groups -OCH3 is 2. The summed E-state index contributed by atoms with van der Waals surface area (Å²) in [7, 11) is 3.35. The molecule has 0 aliphatic carbocycles. The first-order valence-corrected chi connectivity index (χ1v) is 7.87. The van der Waals surface area contributed by atoms with E-state index in [1.54, 1.807) is 14.2 Å². The Morgan fingerprint density at radius 2 is 1.71 bits per heavy atom. The van der Waals surface area contributed by atoms with Gasteiger partial charge in [0.15, 0.2) is 11.5 Å². The second-order valence-electron chi connectivity index (χ2n) is 5.11. The van der Waals surface area contributed by atoms with Gasteiger partial charge in [-0.25, -0.2) is 0 Å². The standard InChI is InChI=1S/C17H30N2O2/c1-6-11-18-15(13-19(7-2)8-3)14-9-10-16(20-4)17(12-14)21-5/h9-10,12,15,18H,6-8,11,13H2,1-5H3. The molecule has 1 aromatic carbocycles. The summed E-state index contributed by atoms with van der Waals surface area (Å²) in [5.74, 6) is 1.57. The SMILES string of the molecule is CCCNC(CN(CC)CC)c1ccc(OC)c(OC)c1. The number of likely N-dealkylation sites (N-methyl/N-ethyl adjacent to an activating group) is 1. The monoisotopic (exact) mass is 294 g/mol. The van der Waals surface area contributed by atoms with Crippen LogP contribution in [0.25, 0.3) is 0 Å². The molecule has 0 radical (unpaired) electrons. The number of rotatable bonds is 10. The Kier molecular flexibility index (Phi) is 8.16. The molecule has 0 amide bonds. The van der Waals surface area contributed by atoms with Crippen molar-refractivity contribution in [3.63, 3.8) is 0 Å². The van der Waals surface area contributed by atoms with Crippen molar-refractivity contribution in [1.82, 2.24) is 10.2 Å². The zero-order valence-corrected chi connectivity index (χ0v) is 14.1. The second kappa shape index (κ2) is 9.64. The summed E-state index contributed by atoms with van der Waals surface area (Å²) in [5, 5.41) is 3.64. The van der Waals surface area contributed by atoms with Crippen LogP contribution in [0.2, 0.25) is 0 Å². The molecule has 1 N–H and O–H groups in total. The van der Waals surface area contributed by atoms with Crippen LogP contribution in [-0.2, 0) is 0 Å². The lowest BCUT2D eigenvalue weighted by Gasteiger charge is -2.27. The quantitative estimate of drug-likeness (QED) is 0.719. The molecule has 1 aromatic rings. The number of ether oxygens (including phenoxy) is 2. The number of benzene rings is 1. The van der Waals surface area contributed by atoms with Gasteiger partial charge in [0.25, 0.3) is 0 Å². The van der Waals surface area contributed by atoms with Gasteiger partial charge >= 0.3 is 0 Å². The van der Waals surface area contributed by atoms with Crippen molar-refractivity contribution in [2.45, 2.75) is 33.2 Å². The Morgan fingerprint density at radius 3 is 2.24 bits per heavy atom. The summed E-state index contributed by atoms with van der Waals surface area (Å²) in [6.45, 7) is 10.7. The van der Waals surface area contributed by atoms with E-state index in [1.807, 2.05) is 6.07 Å². The lowest BCUT2D eigenvalue weighted by atomic mass is 10.0. The van der Waals surface area contributed by atoms with E-state index in [2.05, 4.69) is 43.1 Å². The van der Waals surface area contributed by atoms with Crippen molar-refractivity contribution >= 4 is 0 Å². The van der Waals surface area contributed by atoms with Crippen LogP contribution in [0.1, 0.15) is 38.8 Å². The molecule has 0 spiro atoms. The molecule has 4 heteroatoms. The third kappa shape index (κ3) is 5.21. The maximum atomic E-state index is 5.42. The highest BCUT2D eigenvalue weighted by atomic mass is 16.5. The molecule has 0 saturated carbocycles. The highest BCUT2D eigenvalue weighted by Crippen LogP contribution is 2.30. The molecule has 0 bridgehead atoms. The van der Waals surface area contributed by atoms with Gasteiger partial charge in [-0.2, -0.15) is 0 Å². The predicted molar refractivity (Wildman–Crippen MR) is 88.4 cm³/mol. The molecule has 0 aromatic heterocycles. The van der Waals surface area contributed by atoms with E-state index in [4.69, 9.17) is 9.47 Å². The fourth-order valence-corrected chi connectivity index (χ4v) is 2.42. The van der Waals surface area contributed by atoms with Gasteiger partial charge in [0.05, 0.1) is 14.2 Å². The van der Waals surface area contributed by atoms with Crippen molar-refractivity contribution in [3.05, 3.63) is 23.8 Å². The summed E-state index contributed by atoms with van der Waals surface area (Å²) in [6, 6.07) is 6.50. The van der Waals surface area contributed by atoms with Crippen LogP contribution in [-0.4, -0.2) is 45.3 Å². The normalized spacial score (nSPS) is 12.5. The largest absolute Gasteiger partial charge is 0.493 e. The summed E-state index contributed by atoms with van der Waals surface area (Å²) < 4.78 is 10.7. The van der Waals surface area contributed by atoms with Gasteiger partial charge in [-0.05, 0) is 43.8 Å². The molecule has 1 atom stereocenters. The molecule has 1 rings (SSSR count). The van der Waals surface area contributed by atoms with Gasteiger partial charge in [-0.15, -0.1) is 0 Å². The number of hydrogen-bond donors (Lipinski definition) is 1. The van der Waals surface area contributed by atoms with Crippen LogP contribution >= 0.6 is 0 Å². The summed E-state index contributed by atoms with van der Waals surface area (Å²) in [5.41, 5.74) is 1.24. The molecule has 1 unspecified atom stereocenters. The van der Waals surface area contributed by atoms with Crippen molar-refractivity contribution in [1.29, 1.82) is 0 Å². The Morgan fingerprint density at radius 1 is 1.05 bits per heavy atom. The third-order valence-corrected chi connectivity index (χ3v) is 3.79. The van der Waals surface area contributed by atoms with E-state index in [9.17, 15) is 0 Å². The first kappa shape index (κ1) is 17.8. The van der Waals surface area contributed by atoms with E-state index in [0.29, 0.717) is 6.04 Å². The molecule has 0 fully saturated rings. The Labute approximate surface area is 129 Å². The zero-order valence-electron chi connectivity index (χ0n) is 14.1. The first-order chi connectivity index (χ1) is 10.2. The molecule has 4 nitrogen and oxygen atoms in total. The minimum atomic E-state index is 0.310. The summed E-state index contributed by atoms with van der Waals surface area (Å²) >= 11 is 0. The van der Waals surface area contributed by atoms with Crippen molar-refractivity contribution in [2.24, 2.45) is 0 Å². The maximum absolute atomic E-state index is 5.42. The van der Waals surface area contributed by atoms with E-state index in [1.165, 1.54) is 5.56 Å². The maximum Gasteiger partial charge on any atom is 0.161 e. The average Bonchev–Trinajstić information content (AvgIpc) is 2.54. The van der Waals surface area contributed by atoms with Crippen LogP contribution in [0.15, 0.2) is 18.2 Å². The highest BCUT2D eigenvalue weighted by molar-refractivity contribution is 5.43. The summed E-state index contributed by atoms with van der Waals surface area (Å²) in [4.78, 5) is 2.43. The Hall–Kier alpha value is -1.26. The molecule has 0 saturated heterocycles. The van der Waals surface area contributed by atoms with Crippen LogP contribution in [0.5, 0.6) is 11.5 Å². The van der Waals surface area contributed by atoms with Crippen LogP contribution in [0, 0.1) is 0 Å². The fourth-order valence-electron chi connectivity index (χ4n) is 2.42. The molecule has 0 heterocycles. The summed E-state index contributed by atoms with van der Waals surface area (Å²) in [6.07, 6.45) is 1.13. The molecule has 0 aliphatic heterocycles. The molecular weight excluding hydrogens is 264 g/mol. The highest BCUT2D eigenvalue weighted by Gasteiger charge is 2.16. The molecule has 21 heavy (non-hydrogen) atoms. The van der Waals surface area contributed by atoms with Crippen molar-refractivity contribution < 1.29 is 9.47 Å². The van der Waals surface area contributed by atoms with Crippen molar-refractivity contribution in [3.8, 4) is 11.5 Å². The van der Waals surface area contributed by atoms with Crippen LogP contribution < -0.4 is 14.8 Å². The van der Waals surface area contributed by atoms with Crippen molar-refractivity contribution in [2.75, 3.05) is 40.4 Å². The lowest BCUT2D eigenvalue weighted by molar-refractivity contribution is 0.265. The minimum Gasteiger partial charge on any atom is -0.493 e. The van der Waals surface area contributed by atoms with Gasteiger partial charge in [0.2, 0.25) is 0 Å². The van der Waals surface area contributed by atoms with Gasteiger partial charge in [0, 0.05) is 12.6 Å². The predicted octanol–water partition coefficient (Wildman–Crippen LogP) is 3.09. The smallest absolute Gasteiger partial charge is 0.161 e. The third-order valence-electron chi connectivity index (χ3n) is 3.79. The van der Waals surface area contributed by atoms with Gasteiger partial charge in [-0.3, -0.25) is 0 Å². The van der Waals surface area contributed by atoms with Gasteiger partial charge in [0.1, 0.15) is 0 Å². The second-order valence-corrected chi connectivity index (χ2v) is 5.11. The molecule has 0 aliphatic rings. The first-order valence-electron chi connectivity index (χ1n) is 7.87. The number of nitrogens with one attached hydrogen (secondary N) is 1. The van der Waals surface area contributed by atoms with Crippen LogP contribution in [0.3, 0.4) is 0 Å². The van der Waals surface area contributed by atoms with E-state index in [0.717, 1.165) is 44.1 Å². The van der Waals surface area contributed by atoms with E-state index < -0.39 is 0 Å². The fraction of sp³-hybridized carbons (Fsp3) is 0.647. The molecular formula is C17H30N2O2.